The predicted octanol–water partition coefficient (Wildman–Crippen LogP) is 4.29. The van der Waals surface area contributed by atoms with E-state index in [9.17, 15) is 5.11 Å². The van der Waals surface area contributed by atoms with Crippen LogP contribution in [0.1, 0.15) is 43.2 Å². The molecule has 0 radical (unpaired) electrons. The van der Waals surface area contributed by atoms with Gasteiger partial charge >= 0.3 is 0 Å². The Labute approximate surface area is 120 Å². The largest absolute Gasteiger partial charge is 0.385 e. The predicted molar refractivity (Wildman–Crippen MR) is 77.1 cm³/mol. The van der Waals surface area contributed by atoms with Gasteiger partial charge in [0.25, 0.3) is 0 Å². The minimum absolute atomic E-state index is 0.461. The molecule has 4 fully saturated rings. The molecule has 1 aromatic carbocycles. The number of hydrogen-bond acceptors (Lipinski definition) is 1. The first-order valence-electron chi connectivity index (χ1n) is 7.56. The van der Waals surface area contributed by atoms with Gasteiger partial charge in [0.2, 0.25) is 0 Å². The van der Waals surface area contributed by atoms with E-state index in [2.05, 4.69) is 12.1 Å². The monoisotopic (exact) mass is 276 g/mol. The number of aryl methyl sites for hydroxylation is 1. The zero-order chi connectivity index (χ0) is 13.2. The smallest absolute Gasteiger partial charge is 0.0953 e. The van der Waals surface area contributed by atoms with Gasteiger partial charge in [-0.2, -0.15) is 0 Å². The van der Waals surface area contributed by atoms with Crippen LogP contribution in [0, 0.1) is 30.6 Å². The van der Waals surface area contributed by atoms with Crippen LogP contribution < -0.4 is 0 Å². The van der Waals surface area contributed by atoms with E-state index in [1.165, 1.54) is 32.1 Å². The molecule has 102 valence electrons. The molecule has 4 aliphatic carbocycles. The van der Waals surface area contributed by atoms with Crippen molar-refractivity contribution in [1.82, 2.24) is 0 Å². The van der Waals surface area contributed by atoms with Gasteiger partial charge in [0.15, 0.2) is 0 Å². The standard InChI is InChI=1S/C17H21ClO/c1-10-2-3-13(9-16(10)18)17(19)14-5-11-4-12(7-14)8-15(17)6-11/h2-3,9,11-12,14-15,19H,4-8H2,1H3. The van der Waals surface area contributed by atoms with E-state index in [1.807, 2.05) is 13.0 Å². The van der Waals surface area contributed by atoms with E-state index in [-0.39, 0.29) is 0 Å². The fourth-order valence-corrected chi connectivity index (χ4v) is 5.40. The summed E-state index contributed by atoms with van der Waals surface area (Å²) in [6, 6.07) is 6.17. The lowest BCUT2D eigenvalue weighted by atomic mass is 9.48. The van der Waals surface area contributed by atoms with Crippen molar-refractivity contribution in [1.29, 1.82) is 0 Å². The van der Waals surface area contributed by atoms with E-state index >= 15 is 0 Å². The van der Waals surface area contributed by atoms with Crippen LogP contribution >= 0.6 is 11.6 Å². The van der Waals surface area contributed by atoms with E-state index in [0.29, 0.717) is 11.8 Å². The van der Waals surface area contributed by atoms with Crippen LogP contribution in [0.5, 0.6) is 0 Å². The summed E-state index contributed by atoms with van der Waals surface area (Å²) in [4.78, 5) is 0. The third-order valence-electron chi connectivity index (χ3n) is 6.02. The van der Waals surface area contributed by atoms with Crippen molar-refractivity contribution >= 4 is 11.6 Å². The van der Waals surface area contributed by atoms with Gasteiger partial charge in [0.05, 0.1) is 5.60 Å². The highest BCUT2D eigenvalue weighted by Crippen LogP contribution is 2.61. The van der Waals surface area contributed by atoms with Crippen molar-refractivity contribution in [3.8, 4) is 0 Å². The average molecular weight is 277 g/mol. The van der Waals surface area contributed by atoms with Crippen molar-refractivity contribution < 1.29 is 5.11 Å². The molecule has 0 heterocycles. The maximum atomic E-state index is 11.4. The second-order valence-corrected chi connectivity index (χ2v) is 7.50. The molecule has 4 bridgehead atoms. The number of rotatable bonds is 1. The Morgan fingerprint density at radius 1 is 1.05 bits per heavy atom. The first-order chi connectivity index (χ1) is 9.07. The molecule has 4 aliphatic rings. The van der Waals surface area contributed by atoms with Gasteiger partial charge in [0.1, 0.15) is 0 Å². The molecule has 0 amide bonds. The third-order valence-corrected chi connectivity index (χ3v) is 6.42. The molecule has 0 spiro atoms. The molecule has 0 aliphatic heterocycles. The first-order valence-corrected chi connectivity index (χ1v) is 7.94. The number of benzene rings is 1. The highest BCUT2D eigenvalue weighted by Gasteiger charge is 2.57. The van der Waals surface area contributed by atoms with Crippen molar-refractivity contribution in [3.63, 3.8) is 0 Å². The van der Waals surface area contributed by atoms with Crippen molar-refractivity contribution in [2.24, 2.45) is 23.7 Å². The van der Waals surface area contributed by atoms with Gasteiger partial charge in [0, 0.05) is 5.02 Å². The van der Waals surface area contributed by atoms with Crippen LogP contribution in [-0.4, -0.2) is 5.11 Å². The molecule has 0 atom stereocenters. The minimum Gasteiger partial charge on any atom is -0.385 e. The molecular weight excluding hydrogens is 256 g/mol. The lowest BCUT2D eigenvalue weighted by molar-refractivity contribution is -0.179. The van der Waals surface area contributed by atoms with Gasteiger partial charge in [-0.1, -0.05) is 23.7 Å². The molecule has 4 saturated carbocycles. The molecule has 1 aromatic rings. The Kier molecular flexibility index (Phi) is 2.57. The Morgan fingerprint density at radius 3 is 2.16 bits per heavy atom. The summed E-state index contributed by atoms with van der Waals surface area (Å²) in [5.41, 5.74) is 1.56. The maximum Gasteiger partial charge on any atom is 0.0953 e. The minimum atomic E-state index is -0.606. The zero-order valence-electron chi connectivity index (χ0n) is 11.4. The molecule has 0 saturated heterocycles. The number of aliphatic hydroxyl groups is 1. The molecule has 0 unspecified atom stereocenters. The average Bonchev–Trinajstić information content (AvgIpc) is 2.38. The van der Waals surface area contributed by atoms with Crippen LogP contribution in [0.25, 0.3) is 0 Å². The number of hydrogen-bond donors (Lipinski definition) is 1. The van der Waals surface area contributed by atoms with Crippen LogP contribution in [0.15, 0.2) is 18.2 Å². The third kappa shape index (κ3) is 1.64. The molecule has 1 N–H and O–H groups in total. The van der Waals surface area contributed by atoms with E-state index in [0.717, 1.165) is 28.0 Å². The van der Waals surface area contributed by atoms with Crippen LogP contribution in [0.3, 0.4) is 0 Å². The zero-order valence-corrected chi connectivity index (χ0v) is 12.2. The maximum absolute atomic E-state index is 11.4. The van der Waals surface area contributed by atoms with Crippen molar-refractivity contribution in [2.45, 2.75) is 44.6 Å². The molecule has 2 heteroatoms. The van der Waals surface area contributed by atoms with Crippen molar-refractivity contribution in [2.75, 3.05) is 0 Å². The van der Waals surface area contributed by atoms with Gasteiger partial charge in [-0.05, 0) is 79.9 Å². The summed E-state index contributed by atoms with van der Waals surface area (Å²) in [7, 11) is 0. The van der Waals surface area contributed by atoms with Gasteiger partial charge in [-0.3, -0.25) is 0 Å². The van der Waals surface area contributed by atoms with Gasteiger partial charge < -0.3 is 5.11 Å². The molecule has 5 rings (SSSR count). The highest BCUT2D eigenvalue weighted by molar-refractivity contribution is 6.31. The summed E-state index contributed by atoms with van der Waals surface area (Å²) in [5.74, 6) is 2.68. The Bertz CT molecular complexity index is 494. The normalized spacial score (nSPS) is 43.7. The second kappa shape index (κ2) is 3.99. The van der Waals surface area contributed by atoms with Crippen molar-refractivity contribution in [3.05, 3.63) is 34.3 Å². The molecular formula is C17H21ClO. The second-order valence-electron chi connectivity index (χ2n) is 7.09. The quantitative estimate of drug-likeness (QED) is 0.811. The SMILES string of the molecule is Cc1ccc(C2(O)C3CC4CC(C3)CC2C4)cc1Cl. The molecule has 0 aromatic heterocycles. The summed E-state index contributed by atoms with van der Waals surface area (Å²) in [5, 5.41) is 12.2. The lowest BCUT2D eigenvalue weighted by Crippen LogP contribution is -2.55. The van der Waals surface area contributed by atoms with E-state index in [4.69, 9.17) is 11.6 Å². The highest BCUT2D eigenvalue weighted by atomic mass is 35.5. The topological polar surface area (TPSA) is 20.2 Å². The van der Waals surface area contributed by atoms with Gasteiger partial charge in [-0.25, -0.2) is 0 Å². The Hall–Kier alpha value is -0.530. The summed E-state index contributed by atoms with van der Waals surface area (Å²) in [6.45, 7) is 2.02. The van der Waals surface area contributed by atoms with E-state index in [1.54, 1.807) is 0 Å². The summed E-state index contributed by atoms with van der Waals surface area (Å²) >= 11 is 6.28. The Balaban J connectivity index is 1.78. The van der Waals surface area contributed by atoms with Crippen LogP contribution in [-0.2, 0) is 5.60 Å². The van der Waals surface area contributed by atoms with E-state index < -0.39 is 5.60 Å². The summed E-state index contributed by atoms with van der Waals surface area (Å²) in [6.07, 6.45) is 6.28. The first kappa shape index (κ1) is 12.2. The molecule has 1 nitrogen and oxygen atoms in total. The molecule has 19 heavy (non-hydrogen) atoms. The fraction of sp³-hybridized carbons (Fsp3) is 0.647. The Morgan fingerprint density at radius 2 is 1.63 bits per heavy atom. The fourth-order valence-electron chi connectivity index (χ4n) is 5.22. The van der Waals surface area contributed by atoms with Gasteiger partial charge in [-0.15, -0.1) is 0 Å². The van der Waals surface area contributed by atoms with Crippen LogP contribution in [0.2, 0.25) is 5.02 Å². The summed E-state index contributed by atoms with van der Waals surface area (Å²) < 4.78 is 0. The number of halogens is 1. The van der Waals surface area contributed by atoms with Crippen LogP contribution in [0.4, 0.5) is 0 Å². The lowest BCUT2D eigenvalue weighted by Gasteiger charge is -2.59.